The molecule has 0 saturated heterocycles. The normalized spacial score (nSPS) is 10.5. The maximum absolute atomic E-state index is 5.80. The predicted octanol–water partition coefficient (Wildman–Crippen LogP) is 3.14. The van der Waals surface area contributed by atoms with E-state index in [2.05, 4.69) is 31.4 Å². The zero-order valence-corrected chi connectivity index (χ0v) is 12.3. The van der Waals surface area contributed by atoms with Gasteiger partial charge in [-0.1, -0.05) is 26.0 Å². The molecule has 0 spiro atoms. The van der Waals surface area contributed by atoms with Gasteiger partial charge >= 0.3 is 0 Å². The van der Waals surface area contributed by atoms with E-state index < -0.39 is 0 Å². The molecule has 0 saturated carbocycles. The van der Waals surface area contributed by atoms with Crippen LogP contribution in [0.15, 0.2) is 30.9 Å². The standard InChI is InChI=1S/C16H25NO2/c1-5-8-14-9-10-15(16(13-14)18-4)19-12-11-17(6-2)7-3/h5,9-10,13H,1,6-8,11-12H2,2-4H3. The molecule has 106 valence electrons. The van der Waals surface area contributed by atoms with Crippen LogP contribution in [0.2, 0.25) is 0 Å². The number of methoxy groups -OCH3 is 1. The number of benzene rings is 1. The van der Waals surface area contributed by atoms with E-state index in [1.54, 1.807) is 7.11 Å². The van der Waals surface area contributed by atoms with E-state index in [0.29, 0.717) is 6.61 Å². The largest absolute Gasteiger partial charge is 0.493 e. The Kier molecular flexibility index (Phi) is 7.04. The summed E-state index contributed by atoms with van der Waals surface area (Å²) in [6, 6.07) is 6.03. The molecule has 0 N–H and O–H groups in total. The first-order valence-electron chi connectivity index (χ1n) is 6.88. The third-order valence-corrected chi connectivity index (χ3v) is 3.17. The minimum atomic E-state index is 0.679. The highest BCUT2D eigenvalue weighted by atomic mass is 16.5. The highest BCUT2D eigenvalue weighted by Crippen LogP contribution is 2.28. The fourth-order valence-corrected chi connectivity index (χ4v) is 1.95. The second-order valence-corrected chi connectivity index (χ2v) is 4.35. The highest BCUT2D eigenvalue weighted by molar-refractivity contribution is 5.43. The zero-order valence-electron chi connectivity index (χ0n) is 12.3. The van der Waals surface area contributed by atoms with Crippen LogP contribution in [0.4, 0.5) is 0 Å². The number of allylic oxidation sites excluding steroid dienone is 1. The van der Waals surface area contributed by atoms with E-state index in [-0.39, 0.29) is 0 Å². The maximum Gasteiger partial charge on any atom is 0.161 e. The van der Waals surface area contributed by atoms with Crippen molar-refractivity contribution in [1.82, 2.24) is 4.90 Å². The first-order chi connectivity index (χ1) is 9.24. The van der Waals surface area contributed by atoms with Gasteiger partial charge < -0.3 is 14.4 Å². The van der Waals surface area contributed by atoms with Crippen LogP contribution in [0.25, 0.3) is 0 Å². The Morgan fingerprint density at radius 3 is 2.53 bits per heavy atom. The summed E-state index contributed by atoms with van der Waals surface area (Å²) in [5, 5.41) is 0. The summed E-state index contributed by atoms with van der Waals surface area (Å²) in [5.74, 6) is 1.60. The molecule has 0 fully saturated rings. The minimum Gasteiger partial charge on any atom is -0.493 e. The molecule has 0 radical (unpaired) electrons. The quantitative estimate of drug-likeness (QED) is 0.639. The summed E-state index contributed by atoms with van der Waals surface area (Å²) < 4.78 is 11.2. The SMILES string of the molecule is C=CCc1ccc(OCCN(CC)CC)c(OC)c1. The van der Waals surface area contributed by atoms with Crippen molar-refractivity contribution in [2.45, 2.75) is 20.3 Å². The van der Waals surface area contributed by atoms with Crippen molar-refractivity contribution >= 4 is 0 Å². The molecule has 1 rings (SSSR count). The van der Waals surface area contributed by atoms with Gasteiger partial charge in [-0.3, -0.25) is 0 Å². The Morgan fingerprint density at radius 2 is 1.95 bits per heavy atom. The van der Waals surface area contributed by atoms with Gasteiger partial charge in [-0.15, -0.1) is 6.58 Å². The van der Waals surface area contributed by atoms with Crippen molar-refractivity contribution in [1.29, 1.82) is 0 Å². The van der Waals surface area contributed by atoms with Crippen molar-refractivity contribution in [3.05, 3.63) is 36.4 Å². The van der Waals surface area contributed by atoms with Crippen molar-refractivity contribution in [2.75, 3.05) is 33.4 Å². The summed E-state index contributed by atoms with van der Waals surface area (Å²) in [6.07, 6.45) is 2.73. The number of hydrogen-bond donors (Lipinski definition) is 0. The molecule has 0 heterocycles. The zero-order chi connectivity index (χ0) is 14.1. The molecule has 0 aliphatic carbocycles. The summed E-state index contributed by atoms with van der Waals surface area (Å²) >= 11 is 0. The summed E-state index contributed by atoms with van der Waals surface area (Å²) in [6.45, 7) is 11.8. The second-order valence-electron chi connectivity index (χ2n) is 4.35. The van der Waals surface area contributed by atoms with E-state index in [9.17, 15) is 0 Å². The van der Waals surface area contributed by atoms with Crippen LogP contribution >= 0.6 is 0 Å². The summed E-state index contributed by atoms with van der Waals surface area (Å²) in [4.78, 5) is 2.33. The average molecular weight is 263 g/mol. The molecular formula is C16H25NO2. The lowest BCUT2D eigenvalue weighted by molar-refractivity contribution is 0.217. The topological polar surface area (TPSA) is 21.7 Å². The van der Waals surface area contributed by atoms with Gasteiger partial charge in [-0.05, 0) is 37.2 Å². The molecule has 0 bridgehead atoms. The lowest BCUT2D eigenvalue weighted by Gasteiger charge is -2.18. The monoisotopic (exact) mass is 263 g/mol. The molecule has 0 amide bonds. The van der Waals surface area contributed by atoms with Gasteiger partial charge in [-0.25, -0.2) is 0 Å². The third kappa shape index (κ3) is 4.95. The number of rotatable bonds is 9. The number of likely N-dealkylation sites (N-methyl/N-ethyl adjacent to an activating group) is 1. The lowest BCUT2D eigenvalue weighted by atomic mass is 10.1. The summed E-state index contributed by atoms with van der Waals surface area (Å²) in [7, 11) is 1.67. The molecule has 1 aromatic rings. The van der Waals surface area contributed by atoms with Gasteiger partial charge in [0.25, 0.3) is 0 Å². The van der Waals surface area contributed by atoms with Crippen molar-refractivity contribution < 1.29 is 9.47 Å². The van der Waals surface area contributed by atoms with Gasteiger partial charge in [0.2, 0.25) is 0 Å². The molecule has 3 heteroatoms. The number of ether oxygens (including phenoxy) is 2. The number of hydrogen-bond acceptors (Lipinski definition) is 3. The summed E-state index contributed by atoms with van der Waals surface area (Å²) in [5.41, 5.74) is 1.18. The fraction of sp³-hybridized carbons (Fsp3) is 0.500. The van der Waals surface area contributed by atoms with Gasteiger partial charge in [0.15, 0.2) is 11.5 Å². The van der Waals surface area contributed by atoms with E-state index in [0.717, 1.165) is 37.6 Å². The molecule has 0 atom stereocenters. The molecule has 0 aliphatic heterocycles. The second kappa shape index (κ2) is 8.59. The van der Waals surface area contributed by atoms with Crippen LogP contribution in [0.5, 0.6) is 11.5 Å². The first-order valence-corrected chi connectivity index (χ1v) is 6.88. The first kappa shape index (κ1) is 15.6. The van der Waals surface area contributed by atoms with Crippen molar-refractivity contribution in [3.63, 3.8) is 0 Å². The van der Waals surface area contributed by atoms with Crippen molar-refractivity contribution in [2.24, 2.45) is 0 Å². The maximum atomic E-state index is 5.80. The number of nitrogens with zero attached hydrogens (tertiary/aromatic N) is 1. The Morgan fingerprint density at radius 1 is 1.21 bits per heavy atom. The molecule has 3 nitrogen and oxygen atoms in total. The van der Waals surface area contributed by atoms with E-state index in [1.807, 2.05) is 18.2 Å². The van der Waals surface area contributed by atoms with Crippen molar-refractivity contribution in [3.8, 4) is 11.5 Å². The van der Waals surface area contributed by atoms with Gasteiger partial charge in [0.1, 0.15) is 6.61 Å². The van der Waals surface area contributed by atoms with E-state index in [1.165, 1.54) is 5.56 Å². The van der Waals surface area contributed by atoms with Gasteiger partial charge in [0, 0.05) is 6.54 Å². The molecule has 0 aliphatic rings. The van der Waals surface area contributed by atoms with E-state index in [4.69, 9.17) is 9.47 Å². The van der Waals surface area contributed by atoms with E-state index >= 15 is 0 Å². The lowest BCUT2D eigenvalue weighted by Crippen LogP contribution is -2.27. The smallest absolute Gasteiger partial charge is 0.161 e. The minimum absolute atomic E-state index is 0.679. The van der Waals surface area contributed by atoms with Crippen LogP contribution in [0.1, 0.15) is 19.4 Å². The Labute approximate surface area is 116 Å². The average Bonchev–Trinajstić information content (AvgIpc) is 2.45. The van der Waals surface area contributed by atoms with Crippen LogP contribution in [-0.2, 0) is 6.42 Å². The predicted molar refractivity (Wildman–Crippen MR) is 80.2 cm³/mol. The molecule has 1 aromatic carbocycles. The Hall–Kier alpha value is -1.48. The molecule has 0 aromatic heterocycles. The highest BCUT2D eigenvalue weighted by Gasteiger charge is 2.06. The molecular weight excluding hydrogens is 238 g/mol. The van der Waals surface area contributed by atoms with Gasteiger partial charge in [-0.2, -0.15) is 0 Å². The van der Waals surface area contributed by atoms with Crippen LogP contribution < -0.4 is 9.47 Å². The fourth-order valence-electron chi connectivity index (χ4n) is 1.95. The Balaban J connectivity index is 2.59. The molecule has 19 heavy (non-hydrogen) atoms. The van der Waals surface area contributed by atoms with Crippen LogP contribution in [0, 0.1) is 0 Å². The third-order valence-electron chi connectivity index (χ3n) is 3.17. The van der Waals surface area contributed by atoms with Crippen LogP contribution in [0.3, 0.4) is 0 Å². The van der Waals surface area contributed by atoms with Crippen LogP contribution in [-0.4, -0.2) is 38.3 Å². The Bertz CT molecular complexity index is 386. The van der Waals surface area contributed by atoms with Gasteiger partial charge in [0.05, 0.1) is 7.11 Å². The molecule has 0 unspecified atom stereocenters.